The summed E-state index contributed by atoms with van der Waals surface area (Å²) in [6.07, 6.45) is -0.848. The van der Waals surface area contributed by atoms with E-state index in [1.165, 1.54) is 0 Å². The number of aliphatic hydroxyl groups is 1. The third kappa shape index (κ3) is 12.2. The van der Waals surface area contributed by atoms with E-state index < -0.39 is 35.7 Å². The first-order valence-electron chi connectivity index (χ1n) is 11.7. The van der Waals surface area contributed by atoms with Crippen molar-refractivity contribution in [2.75, 3.05) is 19.8 Å². The number of benzene rings is 1. The van der Waals surface area contributed by atoms with Gasteiger partial charge in [-0.1, -0.05) is 43.7 Å². The Kier molecular flexibility index (Phi) is 12.0. The number of esters is 1. The van der Waals surface area contributed by atoms with Crippen molar-refractivity contribution >= 4 is 11.9 Å². The predicted molar refractivity (Wildman–Crippen MR) is 127 cm³/mol. The maximum Gasteiger partial charge on any atom is 0.309 e. The topological polar surface area (TPSA) is 102 Å². The van der Waals surface area contributed by atoms with Gasteiger partial charge in [0, 0.05) is 12.5 Å². The lowest BCUT2D eigenvalue weighted by molar-refractivity contribution is -0.161. The van der Waals surface area contributed by atoms with Crippen molar-refractivity contribution < 1.29 is 34.0 Å². The average Bonchev–Trinajstić information content (AvgIpc) is 2.66. The Labute approximate surface area is 198 Å². The van der Waals surface area contributed by atoms with Gasteiger partial charge in [-0.3, -0.25) is 9.59 Å². The fourth-order valence-electron chi connectivity index (χ4n) is 3.43. The Morgan fingerprint density at radius 1 is 1.00 bits per heavy atom. The van der Waals surface area contributed by atoms with Crippen LogP contribution in [0.4, 0.5) is 0 Å². The molecule has 1 aromatic rings. The van der Waals surface area contributed by atoms with Crippen molar-refractivity contribution in [2.45, 2.75) is 79.1 Å². The Morgan fingerprint density at radius 2 is 1.61 bits per heavy atom. The fourth-order valence-corrected chi connectivity index (χ4v) is 3.43. The molecule has 4 atom stereocenters. The summed E-state index contributed by atoms with van der Waals surface area (Å²) in [5.41, 5.74) is 1.55. The van der Waals surface area contributed by atoms with E-state index in [0.29, 0.717) is 18.9 Å². The molecule has 0 aliphatic heterocycles. The van der Waals surface area contributed by atoms with Crippen LogP contribution < -0.4 is 0 Å². The third-order valence-corrected chi connectivity index (χ3v) is 5.01. The number of hydrogen-bond acceptors (Lipinski definition) is 6. The minimum Gasteiger partial charge on any atom is -0.481 e. The first kappa shape index (κ1) is 29.1. The first-order chi connectivity index (χ1) is 15.3. The summed E-state index contributed by atoms with van der Waals surface area (Å²) < 4.78 is 17.1. The number of hydrogen-bond donors (Lipinski definition) is 2. The summed E-state index contributed by atoms with van der Waals surface area (Å²) in [6.45, 7) is 13.6. The molecule has 2 N–H and O–H groups in total. The normalized spacial score (nSPS) is 15.7. The maximum absolute atomic E-state index is 12.1. The molecule has 0 spiro atoms. The van der Waals surface area contributed by atoms with E-state index >= 15 is 0 Å². The van der Waals surface area contributed by atoms with E-state index in [-0.39, 0.29) is 25.6 Å². The van der Waals surface area contributed by atoms with E-state index in [1.54, 1.807) is 27.7 Å². The van der Waals surface area contributed by atoms with Gasteiger partial charge in [0.2, 0.25) is 0 Å². The second-order valence-electron chi connectivity index (χ2n) is 10.2. The molecule has 0 saturated carbocycles. The van der Waals surface area contributed by atoms with Crippen molar-refractivity contribution in [3.8, 4) is 0 Å². The molecule has 0 fully saturated rings. The highest BCUT2D eigenvalue weighted by Gasteiger charge is 2.30. The number of ether oxygens (including phenoxy) is 3. The smallest absolute Gasteiger partial charge is 0.309 e. The van der Waals surface area contributed by atoms with Crippen molar-refractivity contribution in [1.29, 1.82) is 0 Å². The number of rotatable bonds is 14. The number of carbonyl (C=O) groups excluding carboxylic acids is 1. The van der Waals surface area contributed by atoms with Crippen LogP contribution in [0.15, 0.2) is 24.3 Å². The maximum atomic E-state index is 12.1. The molecule has 188 valence electrons. The molecule has 0 bridgehead atoms. The van der Waals surface area contributed by atoms with Crippen LogP contribution in [0.25, 0.3) is 0 Å². The van der Waals surface area contributed by atoms with Crippen LogP contribution in [0, 0.1) is 24.7 Å². The number of aryl methyl sites for hydroxylation is 1. The monoisotopic (exact) mass is 466 g/mol. The lowest BCUT2D eigenvalue weighted by atomic mass is 9.91. The van der Waals surface area contributed by atoms with Gasteiger partial charge in [-0.15, -0.1) is 0 Å². The van der Waals surface area contributed by atoms with Crippen LogP contribution in [-0.4, -0.2) is 59.8 Å². The average molecular weight is 467 g/mol. The quantitative estimate of drug-likeness (QED) is 0.399. The molecule has 0 aromatic heterocycles. The molecule has 0 aliphatic carbocycles. The van der Waals surface area contributed by atoms with E-state index in [0.717, 1.165) is 11.1 Å². The Bertz CT molecular complexity index is 719. The summed E-state index contributed by atoms with van der Waals surface area (Å²) in [6, 6.07) is 8.13. The van der Waals surface area contributed by atoms with Crippen LogP contribution in [0.3, 0.4) is 0 Å². The largest absolute Gasteiger partial charge is 0.481 e. The third-order valence-electron chi connectivity index (χ3n) is 5.01. The van der Waals surface area contributed by atoms with Gasteiger partial charge in [0.15, 0.2) is 0 Å². The summed E-state index contributed by atoms with van der Waals surface area (Å²) >= 11 is 0. The summed E-state index contributed by atoms with van der Waals surface area (Å²) in [4.78, 5) is 23.8. The van der Waals surface area contributed by atoms with Gasteiger partial charge < -0.3 is 24.4 Å². The molecule has 0 aliphatic rings. The number of carboxylic acid groups (broad SMARTS) is 1. The zero-order chi connectivity index (χ0) is 25.2. The van der Waals surface area contributed by atoms with E-state index in [4.69, 9.17) is 14.2 Å². The standard InChI is InChI=1S/C26H42O7/c1-17(2)14-32-24(19(4)27)21(12-20-10-8-18(3)9-11-20)15-31-16-22(25(29)30)13-23(28)33-26(5,6)7/h8-11,17,19,21-22,24,27H,12-16H2,1-7H3,(H,29,30)/t19-,21-,22-,24-/m0/s1. The molecule has 1 rings (SSSR count). The molecular formula is C26H42O7. The highest BCUT2D eigenvalue weighted by atomic mass is 16.6. The lowest BCUT2D eigenvalue weighted by Crippen LogP contribution is -2.39. The van der Waals surface area contributed by atoms with Crippen LogP contribution >= 0.6 is 0 Å². The summed E-state index contributed by atoms with van der Waals surface area (Å²) in [5, 5.41) is 19.9. The first-order valence-corrected chi connectivity index (χ1v) is 11.7. The molecule has 0 radical (unpaired) electrons. The number of carboxylic acids is 1. The number of aliphatic hydroxyl groups excluding tert-OH is 1. The number of carbonyl (C=O) groups is 2. The molecule has 0 amide bonds. The zero-order valence-electron chi connectivity index (χ0n) is 21.2. The van der Waals surface area contributed by atoms with Crippen molar-refractivity contribution in [2.24, 2.45) is 17.8 Å². The van der Waals surface area contributed by atoms with Crippen molar-refractivity contribution in [1.82, 2.24) is 0 Å². The zero-order valence-corrected chi connectivity index (χ0v) is 21.2. The molecule has 7 heteroatoms. The van der Waals surface area contributed by atoms with Crippen molar-refractivity contribution in [3.05, 3.63) is 35.4 Å². The second-order valence-corrected chi connectivity index (χ2v) is 10.2. The molecule has 0 saturated heterocycles. The van der Waals surface area contributed by atoms with Crippen LogP contribution in [0.1, 0.15) is 59.1 Å². The van der Waals surface area contributed by atoms with Gasteiger partial charge in [-0.2, -0.15) is 0 Å². The Morgan fingerprint density at radius 3 is 2.09 bits per heavy atom. The lowest BCUT2D eigenvalue weighted by Gasteiger charge is -2.30. The van der Waals surface area contributed by atoms with Gasteiger partial charge in [-0.25, -0.2) is 0 Å². The highest BCUT2D eigenvalue weighted by Crippen LogP contribution is 2.21. The molecule has 7 nitrogen and oxygen atoms in total. The van der Waals surface area contributed by atoms with E-state index in [9.17, 15) is 19.8 Å². The minimum absolute atomic E-state index is 0.129. The Hall–Kier alpha value is -1.96. The van der Waals surface area contributed by atoms with Gasteiger partial charge in [0.1, 0.15) is 5.60 Å². The predicted octanol–water partition coefficient (Wildman–Crippen LogP) is 4.02. The van der Waals surface area contributed by atoms with Crippen LogP contribution in [0.2, 0.25) is 0 Å². The van der Waals surface area contributed by atoms with Gasteiger partial charge >= 0.3 is 11.9 Å². The number of aliphatic carboxylic acids is 1. The SMILES string of the molecule is Cc1ccc(C[C@@H](COC[C@H](CC(=O)OC(C)(C)C)C(=O)O)[C@@H](OCC(C)C)[C@H](C)O)cc1. The summed E-state index contributed by atoms with van der Waals surface area (Å²) in [7, 11) is 0. The molecule has 33 heavy (non-hydrogen) atoms. The summed E-state index contributed by atoms with van der Waals surface area (Å²) in [5.74, 6) is -2.59. The Balaban J connectivity index is 2.88. The van der Waals surface area contributed by atoms with Crippen molar-refractivity contribution in [3.63, 3.8) is 0 Å². The molecule has 0 unspecified atom stereocenters. The van der Waals surface area contributed by atoms with E-state index in [1.807, 2.05) is 45.0 Å². The highest BCUT2D eigenvalue weighted by molar-refractivity contribution is 5.79. The second kappa shape index (κ2) is 13.7. The molecule has 1 aromatic carbocycles. The minimum atomic E-state index is -1.11. The van der Waals surface area contributed by atoms with Gasteiger partial charge in [0.05, 0.1) is 37.8 Å². The van der Waals surface area contributed by atoms with Gasteiger partial charge in [0.25, 0.3) is 0 Å². The molecular weight excluding hydrogens is 424 g/mol. The fraction of sp³-hybridized carbons (Fsp3) is 0.692. The van der Waals surface area contributed by atoms with Crippen LogP contribution in [0.5, 0.6) is 0 Å². The van der Waals surface area contributed by atoms with E-state index in [2.05, 4.69) is 0 Å². The van der Waals surface area contributed by atoms with Crippen LogP contribution in [-0.2, 0) is 30.2 Å². The molecule has 0 heterocycles. The van der Waals surface area contributed by atoms with Gasteiger partial charge in [-0.05, 0) is 52.5 Å².